The van der Waals surface area contributed by atoms with Crippen molar-refractivity contribution in [3.05, 3.63) is 30.6 Å². The fraction of sp³-hybridized carbons (Fsp3) is 0.583. The Morgan fingerprint density at radius 2 is 2.38 bits per heavy atom. The minimum Gasteiger partial charge on any atom is -0.380 e. The smallest absolute Gasteiger partial charge is 0.0591 e. The van der Waals surface area contributed by atoms with Gasteiger partial charge < -0.3 is 10.1 Å². The average Bonchev–Trinajstić information content (AvgIpc) is 2.68. The Hall–Kier alpha value is -1.13. The summed E-state index contributed by atoms with van der Waals surface area (Å²) in [5.41, 5.74) is 1.25. The Labute approximate surface area is 97.3 Å². The lowest BCUT2D eigenvalue weighted by Crippen LogP contribution is -2.23. The van der Waals surface area contributed by atoms with Crippen LogP contribution in [-0.4, -0.2) is 36.1 Å². The van der Waals surface area contributed by atoms with Gasteiger partial charge in [0.15, 0.2) is 0 Å². The molecule has 0 radical (unpaired) electrons. The van der Waals surface area contributed by atoms with Gasteiger partial charge in [-0.1, -0.05) is 6.08 Å². The maximum absolute atomic E-state index is 5.38. The Kier molecular flexibility index (Phi) is 6.53. The third kappa shape index (κ3) is 5.09. The van der Waals surface area contributed by atoms with Crippen LogP contribution in [0.5, 0.6) is 0 Å². The van der Waals surface area contributed by atoms with E-state index in [1.807, 2.05) is 30.1 Å². The molecule has 0 unspecified atom stereocenters. The van der Waals surface area contributed by atoms with Gasteiger partial charge in [0.1, 0.15) is 0 Å². The second-order valence-corrected chi connectivity index (χ2v) is 3.64. The molecule has 90 valence electrons. The van der Waals surface area contributed by atoms with Crippen molar-refractivity contribution in [2.45, 2.75) is 12.8 Å². The first kappa shape index (κ1) is 12.9. The van der Waals surface area contributed by atoms with Gasteiger partial charge in [0.05, 0.1) is 13.2 Å². The van der Waals surface area contributed by atoms with Crippen molar-refractivity contribution in [2.24, 2.45) is 7.05 Å². The van der Waals surface area contributed by atoms with Crippen molar-refractivity contribution in [1.29, 1.82) is 0 Å². The maximum Gasteiger partial charge on any atom is 0.0591 e. The molecule has 1 aromatic heterocycles. The molecule has 0 bridgehead atoms. The summed E-state index contributed by atoms with van der Waals surface area (Å²) in [6.07, 6.45) is 5.63. The van der Waals surface area contributed by atoms with Gasteiger partial charge in [0.25, 0.3) is 0 Å². The van der Waals surface area contributed by atoms with E-state index in [0.717, 1.165) is 39.1 Å². The van der Waals surface area contributed by atoms with Crippen LogP contribution in [0, 0.1) is 0 Å². The molecule has 1 heterocycles. The summed E-state index contributed by atoms with van der Waals surface area (Å²) in [6, 6.07) is 2.04. The predicted molar refractivity (Wildman–Crippen MR) is 65.4 cm³/mol. The van der Waals surface area contributed by atoms with E-state index in [1.54, 1.807) is 0 Å². The second kappa shape index (κ2) is 8.07. The maximum atomic E-state index is 5.38. The first-order valence-corrected chi connectivity index (χ1v) is 5.71. The van der Waals surface area contributed by atoms with Gasteiger partial charge in [-0.15, -0.1) is 6.58 Å². The lowest BCUT2D eigenvalue weighted by atomic mass is 10.3. The monoisotopic (exact) mass is 223 g/mol. The lowest BCUT2D eigenvalue weighted by Gasteiger charge is -2.05. The van der Waals surface area contributed by atoms with Crippen molar-refractivity contribution in [3.63, 3.8) is 0 Å². The van der Waals surface area contributed by atoms with E-state index in [9.17, 15) is 0 Å². The molecule has 1 rings (SSSR count). The molecule has 0 aromatic carbocycles. The van der Waals surface area contributed by atoms with Crippen LogP contribution in [0.25, 0.3) is 0 Å². The van der Waals surface area contributed by atoms with Crippen LogP contribution in [0.2, 0.25) is 0 Å². The van der Waals surface area contributed by atoms with Crippen LogP contribution in [-0.2, 0) is 18.2 Å². The highest BCUT2D eigenvalue weighted by molar-refractivity contribution is 5.00. The standard InChI is InChI=1S/C12H21N3O/c1-3-4-10-16-11-9-13-7-5-12-6-8-14-15(12)2/h3,6,8,13H,1,4-5,7,9-11H2,2H3. The summed E-state index contributed by atoms with van der Waals surface area (Å²) in [5, 5.41) is 7.46. The zero-order chi connectivity index (χ0) is 11.6. The van der Waals surface area contributed by atoms with E-state index >= 15 is 0 Å². The molecule has 0 amide bonds. The number of nitrogens with one attached hydrogen (secondary N) is 1. The molecule has 0 saturated carbocycles. The SMILES string of the molecule is C=CCCOCCNCCc1ccnn1C. The Bertz CT molecular complexity index is 296. The van der Waals surface area contributed by atoms with Crippen molar-refractivity contribution in [3.8, 4) is 0 Å². The quantitative estimate of drug-likeness (QED) is 0.504. The van der Waals surface area contributed by atoms with Gasteiger partial charge in [-0.2, -0.15) is 5.10 Å². The van der Waals surface area contributed by atoms with Gasteiger partial charge in [-0.25, -0.2) is 0 Å². The van der Waals surface area contributed by atoms with Crippen LogP contribution in [0.1, 0.15) is 12.1 Å². The van der Waals surface area contributed by atoms with E-state index in [2.05, 4.69) is 17.0 Å². The van der Waals surface area contributed by atoms with Crippen molar-refractivity contribution in [1.82, 2.24) is 15.1 Å². The summed E-state index contributed by atoms with van der Waals surface area (Å²) in [7, 11) is 1.97. The molecule has 1 aromatic rings. The van der Waals surface area contributed by atoms with E-state index in [-0.39, 0.29) is 0 Å². The Balaban J connectivity index is 1.92. The third-order valence-electron chi connectivity index (χ3n) is 2.37. The molecule has 16 heavy (non-hydrogen) atoms. The van der Waals surface area contributed by atoms with Gasteiger partial charge in [-0.05, 0) is 12.5 Å². The fourth-order valence-electron chi connectivity index (χ4n) is 1.40. The van der Waals surface area contributed by atoms with Crippen molar-refractivity contribution in [2.75, 3.05) is 26.3 Å². The molecule has 0 atom stereocenters. The molecule has 0 saturated heterocycles. The molecule has 1 N–H and O–H groups in total. The Morgan fingerprint density at radius 1 is 1.50 bits per heavy atom. The topological polar surface area (TPSA) is 39.1 Å². The molecular weight excluding hydrogens is 202 g/mol. The van der Waals surface area contributed by atoms with Crippen LogP contribution in [0.15, 0.2) is 24.9 Å². The van der Waals surface area contributed by atoms with Crippen LogP contribution in [0.3, 0.4) is 0 Å². The highest BCUT2D eigenvalue weighted by atomic mass is 16.5. The Morgan fingerprint density at radius 3 is 3.06 bits per heavy atom. The largest absolute Gasteiger partial charge is 0.380 e. The van der Waals surface area contributed by atoms with Crippen LogP contribution < -0.4 is 5.32 Å². The fourth-order valence-corrected chi connectivity index (χ4v) is 1.40. The van der Waals surface area contributed by atoms with Crippen molar-refractivity contribution >= 4 is 0 Å². The van der Waals surface area contributed by atoms with Crippen molar-refractivity contribution < 1.29 is 4.74 Å². The molecule has 4 heteroatoms. The average molecular weight is 223 g/mol. The number of hydrogen-bond acceptors (Lipinski definition) is 3. The molecule has 0 fully saturated rings. The third-order valence-corrected chi connectivity index (χ3v) is 2.37. The predicted octanol–water partition coefficient (Wildman–Crippen LogP) is 1.14. The molecular formula is C12H21N3O. The molecule has 0 aliphatic heterocycles. The number of ether oxygens (including phenoxy) is 1. The normalized spacial score (nSPS) is 10.6. The number of nitrogens with zero attached hydrogens (tertiary/aromatic N) is 2. The van der Waals surface area contributed by atoms with Gasteiger partial charge in [0.2, 0.25) is 0 Å². The summed E-state index contributed by atoms with van der Waals surface area (Å²) in [6.45, 7) is 7.04. The van der Waals surface area contributed by atoms with E-state index < -0.39 is 0 Å². The molecule has 0 aliphatic carbocycles. The second-order valence-electron chi connectivity index (χ2n) is 3.64. The van der Waals surface area contributed by atoms with Gasteiger partial charge in [0, 0.05) is 38.4 Å². The highest BCUT2D eigenvalue weighted by Crippen LogP contribution is 1.95. The molecule has 0 aliphatic rings. The number of aromatic nitrogens is 2. The summed E-state index contributed by atoms with van der Waals surface area (Å²) in [4.78, 5) is 0. The number of hydrogen-bond donors (Lipinski definition) is 1. The highest BCUT2D eigenvalue weighted by Gasteiger charge is 1.96. The molecule has 4 nitrogen and oxygen atoms in total. The summed E-state index contributed by atoms with van der Waals surface area (Å²) >= 11 is 0. The zero-order valence-corrected chi connectivity index (χ0v) is 9.98. The first-order valence-electron chi connectivity index (χ1n) is 5.71. The first-order chi connectivity index (χ1) is 7.84. The lowest BCUT2D eigenvalue weighted by molar-refractivity contribution is 0.140. The van der Waals surface area contributed by atoms with Gasteiger partial charge >= 0.3 is 0 Å². The summed E-state index contributed by atoms with van der Waals surface area (Å²) in [5.74, 6) is 0. The number of aryl methyl sites for hydroxylation is 1. The van der Waals surface area contributed by atoms with Crippen LogP contribution >= 0.6 is 0 Å². The minimum atomic E-state index is 0.763. The van der Waals surface area contributed by atoms with E-state index in [0.29, 0.717) is 0 Å². The summed E-state index contributed by atoms with van der Waals surface area (Å²) < 4.78 is 7.29. The van der Waals surface area contributed by atoms with Crippen LogP contribution in [0.4, 0.5) is 0 Å². The van der Waals surface area contributed by atoms with Gasteiger partial charge in [-0.3, -0.25) is 4.68 Å². The van der Waals surface area contributed by atoms with E-state index in [4.69, 9.17) is 4.74 Å². The molecule has 0 spiro atoms. The number of rotatable bonds is 9. The van der Waals surface area contributed by atoms with E-state index in [1.165, 1.54) is 5.69 Å². The zero-order valence-electron chi connectivity index (χ0n) is 9.98. The minimum absolute atomic E-state index is 0.763.